The summed E-state index contributed by atoms with van der Waals surface area (Å²) < 4.78 is 5.24. The van der Waals surface area contributed by atoms with Crippen molar-refractivity contribution in [2.24, 2.45) is 0 Å². The van der Waals surface area contributed by atoms with Gasteiger partial charge in [-0.15, -0.1) is 0 Å². The molecule has 0 aliphatic carbocycles. The van der Waals surface area contributed by atoms with Gasteiger partial charge in [-0.3, -0.25) is 9.78 Å². The largest absolute Gasteiger partial charge is 0.465 e. The molecular weight excluding hydrogens is 238 g/mol. The van der Waals surface area contributed by atoms with Crippen molar-refractivity contribution >= 4 is 5.97 Å². The molecule has 2 aromatic rings. The minimum absolute atomic E-state index is 0.278. The maximum atomic E-state index is 12.4. The van der Waals surface area contributed by atoms with E-state index in [2.05, 4.69) is 4.98 Å². The maximum absolute atomic E-state index is 12.4. The van der Waals surface area contributed by atoms with Crippen molar-refractivity contribution in [3.63, 3.8) is 0 Å². The third-order valence-corrected chi connectivity index (χ3v) is 3.21. The smallest absolute Gasteiger partial charge is 0.322 e. The highest BCUT2D eigenvalue weighted by Gasteiger charge is 2.39. The number of carbonyl (C=O) groups is 1. The molecule has 1 atom stereocenters. The second kappa shape index (κ2) is 5.65. The van der Waals surface area contributed by atoms with Gasteiger partial charge in [0.15, 0.2) is 0 Å². The van der Waals surface area contributed by atoms with Crippen LogP contribution in [0.1, 0.15) is 25.1 Å². The first-order valence-corrected chi connectivity index (χ1v) is 6.34. The van der Waals surface area contributed by atoms with Crippen LogP contribution in [0.3, 0.4) is 0 Å². The van der Waals surface area contributed by atoms with Gasteiger partial charge in [0.05, 0.1) is 12.3 Å². The Balaban J connectivity index is 2.54. The molecular formula is C16H17NO2. The number of hydrogen-bond acceptors (Lipinski definition) is 3. The highest BCUT2D eigenvalue weighted by molar-refractivity contribution is 5.86. The molecule has 0 saturated carbocycles. The average molecular weight is 255 g/mol. The third-order valence-electron chi connectivity index (χ3n) is 3.21. The van der Waals surface area contributed by atoms with Crippen molar-refractivity contribution in [2.75, 3.05) is 6.61 Å². The van der Waals surface area contributed by atoms with E-state index in [1.807, 2.05) is 62.4 Å². The zero-order chi connectivity index (χ0) is 13.7. The molecule has 0 amide bonds. The Morgan fingerprint density at radius 1 is 1.16 bits per heavy atom. The van der Waals surface area contributed by atoms with Crippen LogP contribution in [-0.2, 0) is 14.9 Å². The zero-order valence-electron chi connectivity index (χ0n) is 11.2. The summed E-state index contributed by atoms with van der Waals surface area (Å²) >= 11 is 0. The number of pyridine rings is 1. The molecule has 0 aliphatic rings. The van der Waals surface area contributed by atoms with Crippen LogP contribution in [0.4, 0.5) is 0 Å². The van der Waals surface area contributed by atoms with Gasteiger partial charge in [-0.2, -0.15) is 0 Å². The average Bonchev–Trinajstić information content (AvgIpc) is 2.48. The number of carbonyl (C=O) groups excluding carboxylic acids is 1. The lowest BCUT2D eigenvalue weighted by Crippen LogP contribution is -2.36. The molecule has 1 unspecified atom stereocenters. The summed E-state index contributed by atoms with van der Waals surface area (Å²) in [5, 5.41) is 0. The maximum Gasteiger partial charge on any atom is 0.322 e. The van der Waals surface area contributed by atoms with E-state index >= 15 is 0 Å². The minimum Gasteiger partial charge on any atom is -0.465 e. The third kappa shape index (κ3) is 2.50. The van der Waals surface area contributed by atoms with Crippen LogP contribution < -0.4 is 0 Å². The van der Waals surface area contributed by atoms with Crippen molar-refractivity contribution in [1.29, 1.82) is 0 Å². The van der Waals surface area contributed by atoms with Crippen LogP contribution in [0.2, 0.25) is 0 Å². The lowest BCUT2D eigenvalue weighted by Gasteiger charge is -2.27. The van der Waals surface area contributed by atoms with Crippen molar-refractivity contribution in [1.82, 2.24) is 4.98 Å². The Bertz CT molecular complexity index is 498. The van der Waals surface area contributed by atoms with E-state index in [0.29, 0.717) is 12.3 Å². The van der Waals surface area contributed by atoms with Gasteiger partial charge in [-0.25, -0.2) is 0 Å². The molecule has 19 heavy (non-hydrogen) atoms. The van der Waals surface area contributed by atoms with E-state index in [1.54, 1.807) is 6.20 Å². The normalized spacial score (nSPS) is 13.6. The Kier molecular flexibility index (Phi) is 3.95. The highest BCUT2D eigenvalue weighted by Crippen LogP contribution is 2.31. The predicted molar refractivity (Wildman–Crippen MR) is 73.8 cm³/mol. The van der Waals surface area contributed by atoms with Crippen molar-refractivity contribution in [3.8, 4) is 0 Å². The molecule has 1 aromatic carbocycles. The molecule has 3 heteroatoms. The van der Waals surface area contributed by atoms with Crippen molar-refractivity contribution in [2.45, 2.75) is 19.3 Å². The molecule has 0 spiro atoms. The first-order valence-electron chi connectivity index (χ1n) is 6.34. The zero-order valence-corrected chi connectivity index (χ0v) is 11.2. The van der Waals surface area contributed by atoms with Crippen molar-refractivity contribution in [3.05, 3.63) is 66.0 Å². The van der Waals surface area contributed by atoms with Gasteiger partial charge in [0.1, 0.15) is 5.41 Å². The van der Waals surface area contributed by atoms with E-state index in [9.17, 15) is 4.79 Å². The molecule has 0 bridgehead atoms. The number of ether oxygens (including phenoxy) is 1. The fourth-order valence-corrected chi connectivity index (χ4v) is 2.08. The van der Waals surface area contributed by atoms with Crippen molar-refractivity contribution < 1.29 is 9.53 Å². The lowest BCUT2D eigenvalue weighted by atomic mass is 9.79. The Hall–Kier alpha value is -2.16. The van der Waals surface area contributed by atoms with Gasteiger partial charge in [0, 0.05) is 6.20 Å². The molecule has 0 saturated heterocycles. The first-order chi connectivity index (χ1) is 9.19. The summed E-state index contributed by atoms with van der Waals surface area (Å²) in [6.07, 6.45) is 1.69. The molecule has 0 N–H and O–H groups in total. The molecule has 98 valence electrons. The summed E-state index contributed by atoms with van der Waals surface area (Å²) in [6, 6.07) is 15.2. The number of esters is 1. The second-order valence-electron chi connectivity index (χ2n) is 4.43. The number of aromatic nitrogens is 1. The number of nitrogens with zero attached hydrogens (tertiary/aromatic N) is 1. The fourth-order valence-electron chi connectivity index (χ4n) is 2.08. The molecule has 2 rings (SSSR count). The Morgan fingerprint density at radius 2 is 1.84 bits per heavy atom. The quantitative estimate of drug-likeness (QED) is 0.788. The topological polar surface area (TPSA) is 39.2 Å². The molecule has 3 nitrogen and oxygen atoms in total. The summed E-state index contributed by atoms with van der Waals surface area (Å²) in [6.45, 7) is 4.01. The van der Waals surface area contributed by atoms with Crippen LogP contribution in [0.5, 0.6) is 0 Å². The van der Waals surface area contributed by atoms with E-state index < -0.39 is 5.41 Å². The molecule has 1 heterocycles. The summed E-state index contributed by atoms with van der Waals surface area (Å²) in [4.78, 5) is 16.7. The number of benzene rings is 1. The van der Waals surface area contributed by atoms with Gasteiger partial charge < -0.3 is 4.74 Å². The molecule has 0 fully saturated rings. The van der Waals surface area contributed by atoms with Gasteiger partial charge >= 0.3 is 5.97 Å². The van der Waals surface area contributed by atoms with E-state index in [0.717, 1.165) is 5.56 Å². The summed E-state index contributed by atoms with van der Waals surface area (Å²) in [5.74, 6) is -0.278. The SMILES string of the molecule is CCOC(=O)C(C)(c1ccccc1)c1ccccn1. The van der Waals surface area contributed by atoms with Crippen LogP contribution in [-0.4, -0.2) is 17.6 Å². The van der Waals surface area contributed by atoms with Gasteiger partial charge in [0.2, 0.25) is 0 Å². The van der Waals surface area contributed by atoms with Crippen LogP contribution in [0, 0.1) is 0 Å². The molecule has 0 aliphatic heterocycles. The van der Waals surface area contributed by atoms with E-state index in [1.165, 1.54) is 0 Å². The lowest BCUT2D eigenvalue weighted by molar-refractivity contribution is -0.148. The fraction of sp³-hybridized carbons (Fsp3) is 0.250. The van der Waals surface area contributed by atoms with E-state index in [-0.39, 0.29) is 5.97 Å². The van der Waals surface area contributed by atoms with Gasteiger partial charge in [-0.05, 0) is 31.5 Å². The van der Waals surface area contributed by atoms with Crippen LogP contribution in [0.15, 0.2) is 54.7 Å². The second-order valence-corrected chi connectivity index (χ2v) is 4.43. The highest BCUT2D eigenvalue weighted by atomic mass is 16.5. The van der Waals surface area contributed by atoms with Gasteiger partial charge in [-0.1, -0.05) is 36.4 Å². The molecule has 0 radical (unpaired) electrons. The standard InChI is InChI=1S/C16H17NO2/c1-3-19-15(18)16(2,13-9-5-4-6-10-13)14-11-7-8-12-17-14/h4-12H,3H2,1-2H3. The van der Waals surface area contributed by atoms with Gasteiger partial charge in [0.25, 0.3) is 0 Å². The van der Waals surface area contributed by atoms with Crippen LogP contribution in [0.25, 0.3) is 0 Å². The first kappa shape index (κ1) is 13.3. The number of hydrogen-bond donors (Lipinski definition) is 0. The van der Waals surface area contributed by atoms with E-state index in [4.69, 9.17) is 4.74 Å². The van der Waals surface area contributed by atoms with Crippen LogP contribution >= 0.6 is 0 Å². The Labute approximate surface area is 113 Å². The monoisotopic (exact) mass is 255 g/mol. The minimum atomic E-state index is -0.876. The predicted octanol–water partition coefficient (Wildman–Crippen LogP) is 2.95. The Morgan fingerprint density at radius 3 is 2.42 bits per heavy atom. The summed E-state index contributed by atoms with van der Waals surface area (Å²) in [7, 11) is 0. The molecule has 1 aromatic heterocycles. The number of rotatable bonds is 4. The summed E-state index contributed by atoms with van der Waals surface area (Å²) in [5.41, 5.74) is 0.699.